The van der Waals surface area contributed by atoms with Crippen LogP contribution < -0.4 is 19.4 Å². The van der Waals surface area contributed by atoms with Gasteiger partial charge in [-0.25, -0.2) is 31.8 Å². The predicted molar refractivity (Wildman–Crippen MR) is 212 cm³/mol. The van der Waals surface area contributed by atoms with E-state index in [2.05, 4.69) is 0 Å². The number of alkyl halides is 2. The number of fused-ring (bicyclic) bond motifs is 4. The summed E-state index contributed by atoms with van der Waals surface area (Å²) in [5, 5.41) is 36.0. The maximum Gasteiger partial charge on any atom is 0.301 e. The van der Waals surface area contributed by atoms with E-state index in [1.165, 1.54) is 32.3 Å². The van der Waals surface area contributed by atoms with Crippen LogP contribution in [0, 0.1) is 67.1 Å². The van der Waals surface area contributed by atoms with Crippen LogP contribution >= 0.6 is 23.2 Å². The Bertz CT molecular complexity index is 2720. The van der Waals surface area contributed by atoms with Gasteiger partial charge in [0.2, 0.25) is 17.6 Å². The number of allylic oxidation sites excluding steroid dienone is 2. The summed E-state index contributed by atoms with van der Waals surface area (Å²) in [6, 6.07) is 14.0. The van der Waals surface area contributed by atoms with Gasteiger partial charge in [0.1, 0.15) is 23.8 Å². The number of hydrogen-bond acceptors (Lipinski definition) is 11. The van der Waals surface area contributed by atoms with Crippen LogP contribution in [-0.4, -0.2) is 62.4 Å². The van der Waals surface area contributed by atoms with E-state index >= 15 is 8.78 Å². The Morgan fingerprint density at radius 1 is 0.810 bits per heavy atom. The molecule has 15 nitrogen and oxygen atoms in total. The van der Waals surface area contributed by atoms with Crippen molar-refractivity contribution in [2.24, 2.45) is 17.8 Å². The summed E-state index contributed by atoms with van der Waals surface area (Å²) in [6.45, 7) is 0.0181. The number of anilines is 3. The van der Waals surface area contributed by atoms with Gasteiger partial charge in [0.15, 0.2) is 38.7 Å². The number of benzene rings is 4. The van der Waals surface area contributed by atoms with Crippen LogP contribution in [0.4, 0.5) is 50.4 Å². The lowest BCUT2D eigenvalue weighted by Gasteiger charge is -2.50. The second-order valence-corrected chi connectivity index (χ2v) is 16.7. The standard InChI is InChI=1S/C41H28Cl2F5N5O10/c1-49(2)34-24(52(59)60)12-18(13-25(34)53(61)62)50-36(55)22-11-10-20-23(27(22)37(50)56)15-40(42)38(57)51(35-32(47)30(45)29(44)31(46)33(35)48)39(58)41(40,43)28(20)21-9-8-19(14-26(21)54)63-16-17-6-4-3-5-7-17/h3-10,12-14,22-23,27-28,54H,11,15-16H2,1-2H3. The molecule has 3 fully saturated rings. The summed E-state index contributed by atoms with van der Waals surface area (Å²) < 4.78 is 80.2. The van der Waals surface area contributed by atoms with Crippen LogP contribution in [0.5, 0.6) is 11.5 Å². The molecule has 2 heterocycles. The van der Waals surface area contributed by atoms with Gasteiger partial charge < -0.3 is 14.7 Å². The number of carbonyl (C=O) groups excluding carboxylic acids is 4. The molecule has 22 heteroatoms. The zero-order valence-corrected chi connectivity index (χ0v) is 33.8. The second kappa shape index (κ2) is 15.0. The smallest absolute Gasteiger partial charge is 0.301 e. The molecule has 4 aromatic rings. The Kier molecular flexibility index (Phi) is 10.2. The van der Waals surface area contributed by atoms with Crippen molar-refractivity contribution in [1.29, 1.82) is 0 Å². The summed E-state index contributed by atoms with van der Waals surface area (Å²) in [6.07, 6.45) is 0.131. The molecule has 2 aliphatic heterocycles. The molecule has 0 spiro atoms. The molecule has 8 rings (SSSR count). The molecule has 326 valence electrons. The first-order valence-electron chi connectivity index (χ1n) is 18.7. The third kappa shape index (κ3) is 6.12. The average Bonchev–Trinajstić information content (AvgIpc) is 3.59. The number of ether oxygens (including phenoxy) is 1. The van der Waals surface area contributed by atoms with E-state index < -0.39 is 137 Å². The van der Waals surface area contributed by atoms with Crippen LogP contribution in [0.1, 0.15) is 29.9 Å². The zero-order valence-electron chi connectivity index (χ0n) is 32.3. The van der Waals surface area contributed by atoms with E-state index in [1.807, 2.05) is 0 Å². The molecule has 0 bridgehead atoms. The van der Waals surface area contributed by atoms with Gasteiger partial charge in [-0.3, -0.25) is 39.4 Å². The molecular formula is C41H28Cl2F5N5O10. The first kappa shape index (κ1) is 43.0. The number of amides is 4. The van der Waals surface area contributed by atoms with Crippen molar-refractivity contribution in [3.05, 3.63) is 133 Å². The number of imide groups is 2. The maximum atomic E-state index is 15.5. The van der Waals surface area contributed by atoms with Crippen molar-refractivity contribution < 1.29 is 60.8 Å². The fourth-order valence-electron chi connectivity index (χ4n) is 9.22. The Labute approximate surface area is 361 Å². The van der Waals surface area contributed by atoms with E-state index in [-0.39, 0.29) is 34.8 Å². The number of hydrogen-bond donors (Lipinski definition) is 1. The minimum Gasteiger partial charge on any atom is -0.508 e. The number of halogens is 7. The SMILES string of the molecule is CN(C)c1c([N+](=O)[O-])cc(N2C(=O)C3CC=C4C(CC5(Cl)C(=O)N(c6c(F)c(F)c(F)c(F)c6F)C(=O)C5(Cl)C4c4ccc(OCc5ccccc5)cc4O)C3C2=O)cc1[N+](=O)[O-]. The van der Waals surface area contributed by atoms with Crippen LogP contribution in [0.25, 0.3) is 0 Å². The summed E-state index contributed by atoms with van der Waals surface area (Å²) in [5.41, 5.74) is -4.24. The number of carbonyl (C=O) groups is 4. The lowest BCUT2D eigenvalue weighted by molar-refractivity contribution is -0.392. The summed E-state index contributed by atoms with van der Waals surface area (Å²) >= 11 is 14.4. The molecule has 6 atom stereocenters. The highest BCUT2D eigenvalue weighted by Crippen LogP contribution is 2.67. The first-order chi connectivity index (χ1) is 29.7. The molecule has 2 saturated heterocycles. The Hall–Kier alpha value is -6.67. The fourth-order valence-corrected chi connectivity index (χ4v) is 10.1. The van der Waals surface area contributed by atoms with Gasteiger partial charge in [0, 0.05) is 43.8 Å². The molecule has 4 amide bonds. The fraction of sp³-hybridized carbons (Fsp3) is 0.268. The molecule has 6 unspecified atom stereocenters. The molecule has 0 radical (unpaired) electrons. The highest BCUT2D eigenvalue weighted by Gasteiger charge is 2.77. The van der Waals surface area contributed by atoms with Gasteiger partial charge >= 0.3 is 11.4 Å². The van der Waals surface area contributed by atoms with Crippen molar-refractivity contribution in [2.45, 2.75) is 35.1 Å². The number of aromatic hydroxyl groups is 1. The largest absolute Gasteiger partial charge is 0.508 e. The van der Waals surface area contributed by atoms with Gasteiger partial charge in [-0.1, -0.05) is 48.0 Å². The summed E-state index contributed by atoms with van der Waals surface area (Å²) in [4.78, 5) is 75.8. The van der Waals surface area contributed by atoms with Gasteiger partial charge in [0.25, 0.3) is 11.8 Å². The minimum absolute atomic E-state index is 0.0147. The predicted octanol–water partition coefficient (Wildman–Crippen LogP) is 7.32. The molecule has 0 aromatic heterocycles. The van der Waals surface area contributed by atoms with Gasteiger partial charge in [-0.15, -0.1) is 23.2 Å². The monoisotopic (exact) mass is 915 g/mol. The number of rotatable bonds is 9. The molecule has 4 aliphatic rings. The van der Waals surface area contributed by atoms with Crippen LogP contribution in [0.3, 0.4) is 0 Å². The van der Waals surface area contributed by atoms with Crippen molar-refractivity contribution in [1.82, 2.24) is 0 Å². The summed E-state index contributed by atoms with van der Waals surface area (Å²) in [7, 11) is 2.60. The minimum atomic E-state index is -2.96. The van der Waals surface area contributed by atoms with Crippen LogP contribution in [-0.2, 0) is 25.8 Å². The molecule has 1 saturated carbocycles. The highest BCUT2D eigenvalue weighted by atomic mass is 35.5. The van der Waals surface area contributed by atoms with Gasteiger partial charge in [0.05, 0.1) is 27.4 Å². The van der Waals surface area contributed by atoms with Crippen molar-refractivity contribution in [3.8, 4) is 11.5 Å². The lowest BCUT2D eigenvalue weighted by atomic mass is 9.56. The zero-order chi connectivity index (χ0) is 45.8. The Morgan fingerprint density at radius 2 is 1.40 bits per heavy atom. The first-order valence-corrected chi connectivity index (χ1v) is 19.4. The third-order valence-corrected chi connectivity index (χ3v) is 13.3. The maximum absolute atomic E-state index is 15.5. The lowest BCUT2D eigenvalue weighted by Crippen LogP contribution is -2.60. The van der Waals surface area contributed by atoms with E-state index in [0.717, 1.165) is 28.7 Å². The number of nitro benzene ring substituents is 2. The van der Waals surface area contributed by atoms with E-state index in [9.17, 15) is 57.7 Å². The molecule has 1 N–H and O–H groups in total. The van der Waals surface area contributed by atoms with Gasteiger partial charge in [-0.2, -0.15) is 0 Å². The quantitative estimate of drug-likeness (QED) is 0.0259. The molecule has 4 aromatic carbocycles. The highest BCUT2D eigenvalue weighted by molar-refractivity contribution is 6.58. The third-order valence-electron chi connectivity index (χ3n) is 11.9. The Morgan fingerprint density at radius 3 is 1.95 bits per heavy atom. The van der Waals surface area contributed by atoms with Crippen molar-refractivity contribution >= 4 is 75.3 Å². The van der Waals surface area contributed by atoms with E-state index in [1.54, 1.807) is 30.3 Å². The second-order valence-electron chi connectivity index (χ2n) is 15.4. The van der Waals surface area contributed by atoms with Crippen LogP contribution in [0.2, 0.25) is 0 Å². The normalized spacial score (nSPS) is 25.1. The molecular weight excluding hydrogens is 888 g/mol. The van der Waals surface area contributed by atoms with E-state index in [4.69, 9.17) is 27.9 Å². The number of phenols is 1. The number of nitrogens with zero attached hydrogens (tertiary/aromatic N) is 5. The average molecular weight is 917 g/mol. The molecule has 2 aliphatic carbocycles. The van der Waals surface area contributed by atoms with Crippen molar-refractivity contribution in [2.75, 3.05) is 28.8 Å². The summed E-state index contributed by atoms with van der Waals surface area (Å²) in [5.74, 6) is -25.2. The van der Waals surface area contributed by atoms with E-state index in [0.29, 0.717) is 4.90 Å². The topological polar surface area (TPSA) is 194 Å². The molecule has 63 heavy (non-hydrogen) atoms. The number of phenolic OH excluding ortho intramolecular Hbond substituents is 1. The van der Waals surface area contributed by atoms with Gasteiger partial charge in [-0.05, 0) is 30.4 Å². The van der Waals surface area contributed by atoms with Crippen LogP contribution in [0.15, 0.2) is 72.3 Å². The van der Waals surface area contributed by atoms with Crippen molar-refractivity contribution in [3.63, 3.8) is 0 Å². The number of nitro groups is 2. The Balaban J connectivity index is 1.28.